The van der Waals surface area contributed by atoms with Crippen molar-refractivity contribution in [2.24, 2.45) is 5.92 Å². The van der Waals surface area contributed by atoms with E-state index in [1.807, 2.05) is 20.9 Å². The fourth-order valence-corrected chi connectivity index (χ4v) is 5.12. The molecule has 20 heavy (non-hydrogen) atoms. The van der Waals surface area contributed by atoms with Crippen molar-refractivity contribution in [1.82, 2.24) is 13.9 Å². The van der Waals surface area contributed by atoms with Gasteiger partial charge in [0.05, 0.1) is 18.8 Å². The molecule has 2 heterocycles. The fourth-order valence-electron chi connectivity index (χ4n) is 3.10. The quantitative estimate of drug-likeness (QED) is 0.810. The predicted molar refractivity (Wildman–Crippen MR) is 78.7 cm³/mol. The maximum absolute atomic E-state index is 12.9. The second-order valence-corrected chi connectivity index (χ2v) is 8.22. The van der Waals surface area contributed by atoms with Gasteiger partial charge in [-0.2, -0.15) is 17.0 Å². The molecule has 1 atom stereocenters. The van der Waals surface area contributed by atoms with Gasteiger partial charge in [0.1, 0.15) is 0 Å². The van der Waals surface area contributed by atoms with E-state index in [2.05, 4.69) is 5.32 Å². The Hall–Kier alpha value is -0.210. The van der Waals surface area contributed by atoms with Crippen LogP contribution in [0.4, 0.5) is 0 Å². The second-order valence-electron chi connectivity index (χ2n) is 6.37. The topological polar surface area (TPSA) is 61.9 Å². The van der Waals surface area contributed by atoms with Crippen molar-refractivity contribution in [3.8, 4) is 0 Å². The molecule has 0 amide bonds. The maximum atomic E-state index is 12.9. The predicted octanol–water partition coefficient (Wildman–Crippen LogP) is 0.273. The van der Waals surface area contributed by atoms with Gasteiger partial charge in [0.25, 0.3) is 10.2 Å². The van der Waals surface area contributed by atoms with E-state index in [-0.39, 0.29) is 0 Å². The Morgan fingerprint density at radius 3 is 2.75 bits per heavy atom. The summed E-state index contributed by atoms with van der Waals surface area (Å²) in [4.78, 5) is 0. The molecule has 0 spiro atoms. The minimum Gasteiger partial charge on any atom is -0.378 e. The molecule has 1 N–H and O–H groups in total. The highest BCUT2D eigenvalue weighted by atomic mass is 32.2. The van der Waals surface area contributed by atoms with E-state index in [1.54, 1.807) is 8.61 Å². The number of morpholine rings is 1. The van der Waals surface area contributed by atoms with Crippen LogP contribution >= 0.6 is 0 Å². The summed E-state index contributed by atoms with van der Waals surface area (Å²) in [7, 11) is -1.47. The normalized spacial score (nSPS) is 29.4. The second kappa shape index (κ2) is 6.27. The van der Waals surface area contributed by atoms with Crippen LogP contribution in [-0.2, 0) is 14.9 Å². The number of rotatable bonds is 4. The van der Waals surface area contributed by atoms with Crippen molar-refractivity contribution < 1.29 is 13.2 Å². The molecule has 0 bridgehead atoms. The van der Waals surface area contributed by atoms with E-state index in [1.165, 1.54) is 0 Å². The van der Waals surface area contributed by atoms with E-state index >= 15 is 0 Å². The SMILES string of the molecule is CNCC1CCCN(S(=O)(=O)N2CCOCC2(C)C)C1. The lowest BCUT2D eigenvalue weighted by Gasteiger charge is -2.44. The Balaban J connectivity index is 2.12. The number of piperidine rings is 1. The van der Waals surface area contributed by atoms with Crippen molar-refractivity contribution in [3.63, 3.8) is 0 Å². The van der Waals surface area contributed by atoms with Crippen molar-refractivity contribution in [2.45, 2.75) is 32.2 Å². The molecule has 118 valence electrons. The molecule has 0 aromatic heterocycles. The summed E-state index contributed by atoms with van der Waals surface area (Å²) in [6.45, 7) is 7.38. The highest BCUT2D eigenvalue weighted by Gasteiger charge is 2.42. The van der Waals surface area contributed by atoms with Gasteiger partial charge in [-0.1, -0.05) is 0 Å². The molecule has 2 rings (SSSR count). The third-order valence-corrected chi connectivity index (χ3v) is 6.37. The van der Waals surface area contributed by atoms with Gasteiger partial charge in [-0.05, 0) is 46.2 Å². The number of hydrogen-bond acceptors (Lipinski definition) is 4. The number of nitrogens with zero attached hydrogens (tertiary/aromatic N) is 2. The van der Waals surface area contributed by atoms with Crippen LogP contribution < -0.4 is 5.32 Å². The van der Waals surface area contributed by atoms with Crippen molar-refractivity contribution in [2.75, 3.05) is 46.4 Å². The van der Waals surface area contributed by atoms with Gasteiger partial charge in [0.2, 0.25) is 0 Å². The zero-order chi connectivity index (χ0) is 14.8. The van der Waals surface area contributed by atoms with Gasteiger partial charge in [-0.3, -0.25) is 0 Å². The number of ether oxygens (including phenoxy) is 1. The van der Waals surface area contributed by atoms with Crippen molar-refractivity contribution >= 4 is 10.2 Å². The third-order valence-electron chi connectivity index (χ3n) is 4.15. The summed E-state index contributed by atoms with van der Waals surface area (Å²) in [5.74, 6) is 0.410. The minimum absolute atomic E-state index is 0.410. The van der Waals surface area contributed by atoms with E-state index in [0.29, 0.717) is 38.8 Å². The fraction of sp³-hybridized carbons (Fsp3) is 1.00. The molecular weight excluding hydrogens is 278 g/mol. The Labute approximate surface area is 122 Å². The zero-order valence-corrected chi connectivity index (χ0v) is 13.6. The zero-order valence-electron chi connectivity index (χ0n) is 12.8. The highest BCUT2D eigenvalue weighted by Crippen LogP contribution is 2.27. The Bertz CT molecular complexity index is 423. The summed E-state index contributed by atoms with van der Waals surface area (Å²) in [6, 6.07) is 0. The lowest BCUT2D eigenvalue weighted by molar-refractivity contribution is -0.0112. The molecule has 0 aromatic rings. The molecular formula is C13H27N3O3S. The standard InChI is InChI=1S/C13H27N3O3S/c1-13(2)11-19-8-7-16(13)20(17,18)15-6-4-5-12(10-15)9-14-3/h12,14H,4-11H2,1-3H3. The van der Waals surface area contributed by atoms with Crippen molar-refractivity contribution in [3.05, 3.63) is 0 Å². The van der Waals surface area contributed by atoms with Gasteiger partial charge in [-0.25, -0.2) is 0 Å². The lowest BCUT2D eigenvalue weighted by Crippen LogP contribution is -2.60. The summed E-state index contributed by atoms with van der Waals surface area (Å²) >= 11 is 0. The first-order chi connectivity index (χ1) is 9.38. The molecule has 0 saturated carbocycles. The largest absolute Gasteiger partial charge is 0.378 e. The molecule has 2 aliphatic rings. The monoisotopic (exact) mass is 305 g/mol. The lowest BCUT2D eigenvalue weighted by atomic mass is 10.00. The molecule has 0 aliphatic carbocycles. The van der Waals surface area contributed by atoms with Gasteiger partial charge in [-0.15, -0.1) is 0 Å². The minimum atomic E-state index is -3.39. The van der Waals surface area contributed by atoms with Gasteiger partial charge in [0, 0.05) is 19.6 Å². The summed E-state index contributed by atoms with van der Waals surface area (Å²) < 4.78 is 34.5. The van der Waals surface area contributed by atoms with Crippen LogP contribution in [0.2, 0.25) is 0 Å². The molecule has 1 unspecified atom stereocenters. The maximum Gasteiger partial charge on any atom is 0.282 e. The van der Waals surface area contributed by atoms with E-state index in [4.69, 9.17) is 4.74 Å². The van der Waals surface area contributed by atoms with Crippen LogP contribution in [0.3, 0.4) is 0 Å². The first-order valence-electron chi connectivity index (χ1n) is 7.38. The van der Waals surface area contributed by atoms with Gasteiger partial charge in [0.15, 0.2) is 0 Å². The summed E-state index contributed by atoms with van der Waals surface area (Å²) in [5, 5.41) is 3.15. The van der Waals surface area contributed by atoms with Crippen LogP contribution in [0.15, 0.2) is 0 Å². The third kappa shape index (κ3) is 3.33. The van der Waals surface area contributed by atoms with Crippen molar-refractivity contribution in [1.29, 1.82) is 0 Å². The van der Waals surface area contributed by atoms with Gasteiger partial charge < -0.3 is 10.1 Å². The number of nitrogens with one attached hydrogen (secondary N) is 1. The Morgan fingerprint density at radius 2 is 2.10 bits per heavy atom. The molecule has 0 aromatic carbocycles. The average Bonchev–Trinajstić information content (AvgIpc) is 2.38. The average molecular weight is 305 g/mol. The van der Waals surface area contributed by atoms with E-state index in [0.717, 1.165) is 19.4 Å². The number of hydrogen-bond donors (Lipinski definition) is 1. The Morgan fingerprint density at radius 1 is 1.35 bits per heavy atom. The molecule has 2 fully saturated rings. The highest BCUT2D eigenvalue weighted by molar-refractivity contribution is 7.86. The first kappa shape index (κ1) is 16.2. The summed E-state index contributed by atoms with van der Waals surface area (Å²) in [5.41, 5.74) is -0.465. The van der Waals surface area contributed by atoms with Crippen LogP contribution in [0.25, 0.3) is 0 Å². The molecule has 6 nitrogen and oxygen atoms in total. The first-order valence-corrected chi connectivity index (χ1v) is 8.78. The summed E-state index contributed by atoms with van der Waals surface area (Å²) in [6.07, 6.45) is 2.04. The van der Waals surface area contributed by atoms with Crippen LogP contribution in [-0.4, -0.2) is 69.0 Å². The van der Waals surface area contributed by atoms with Crippen LogP contribution in [0.1, 0.15) is 26.7 Å². The Kier molecular flexibility index (Phi) is 5.07. The molecule has 0 radical (unpaired) electrons. The van der Waals surface area contributed by atoms with E-state index < -0.39 is 15.7 Å². The molecule has 7 heteroatoms. The van der Waals surface area contributed by atoms with Gasteiger partial charge >= 0.3 is 0 Å². The molecule has 2 saturated heterocycles. The molecule has 2 aliphatic heterocycles. The van der Waals surface area contributed by atoms with Crippen LogP contribution in [0, 0.1) is 5.92 Å². The van der Waals surface area contributed by atoms with Crippen LogP contribution in [0.5, 0.6) is 0 Å². The smallest absolute Gasteiger partial charge is 0.282 e. The van der Waals surface area contributed by atoms with E-state index in [9.17, 15) is 8.42 Å².